The predicted molar refractivity (Wildman–Crippen MR) is 94.6 cm³/mol. The first-order chi connectivity index (χ1) is 12.5. The van der Waals surface area contributed by atoms with Crippen molar-refractivity contribution >= 4 is 28.3 Å². The number of hydrogen-bond donors (Lipinski definition) is 2. The molecule has 130 valence electrons. The lowest BCUT2D eigenvalue weighted by Crippen LogP contribution is -2.14. The van der Waals surface area contributed by atoms with E-state index in [1.807, 2.05) is 24.3 Å². The number of amides is 1. The maximum absolute atomic E-state index is 14.1. The molecule has 1 aliphatic rings. The van der Waals surface area contributed by atoms with E-state index in [0.717, 1.165) is 16.8 Å². The number of pyridine rings is 1. The molecule has 4 rings (SSSR count). The molecule has 0 unspecified atom stereocenters. The minimum atomic E-state index is -1.17. The number of nitrogens with one attached hydrogen (secondary N) is 1. The van der Waals surface area contributed by atoms with Crippen LogP contribution in [-0.4, -0.2) is 22.0 Å². The molecule has 0 radical (unpaired) electrons. The molecule has 0 spiro atoms. The van der Waals surface area contributed by atoms with E-state index in [1.165, 1.54) is 12.1 Å². The number of carboxylic acids is 1. The molecule has 0 aliphatic heterocycles. The van der Waals surface area contributed by atoms with Crippen LogP contribution in [0.1, 0.15) is 28.3 Å². The van der Waals surface area contributed by atoms with E-state index in [4.69, 9.17) is 5.11 Å². The van der Waals surface area contributed by atoms with Crippen molar-refractivity contribution in [1.82, 2.24) is 4.98 Å². The molecule has 0 bridgehead atoms. The van der Waals surface area contributed by atoms with Gasteiger partial charge in [0.05, 0.1) is 5.56 Å². The van der Waals surface area contributed by atoms with Crippen LogP contribution in [0.25, 0.3) is 10.8 Å². The normalized spacial score (nSPS) is 18.5. The van der Waals surface area contributed by atoms with E-state index in [-0.39, 0.29) is 23.3 Å². The zero-order valence-electron chi connectivity index (χ0n) is 13.6. The minimum absolute atomic E-state index is 0.0986. The van der Waals surface area contributed by atoms with Gasteiger partial charge < -0.3 is 10.4 Å². The van der Waals surface area contributed by atoms with Crippen LogP contribution in [0.5, 0.6) is 0 Å². The highest BCUT2D eigenvalue weighted by Gasteiger charge is 2.45. The lowest BCUT2D eigenvalue weighted by molar-refractivity contribution is -0.117. The summed E-state index contributed by atoms with van der Waals surface area (Å²) in [7, 11) is 0. The van der Waals surface area contributed by atoms with Crippen LogP contribution in [0, 0.1) is 11.7 Å². The van der Waals surface area contributed by atoms with E-state index < -0.39 is 11.8 Å². The number of benzene rings is 2. The number of nitrogens with zero attached hydrogens (tertiary/aromatic N) is 1. The maximum Gasteiger partial charge on any atom is 0.335 e. The van der Waals surface area contributed by atoms with E-state index in [0.29, 0.717) is 17.7 Å². The molecule has 26 heavy (non-hydrogen) atoms. The Morgan fingerprint density at radius 2 is 1.96 bits per heavy atom. The fourth-order valence-electron chi connectivity index (χ4n) is 3.19. The maximum atomic E-state index is 14.1. The van der Waals surface area contributed by atoms with Crippen LogP contribution in [-0.2, 0) is 4.79 Å². The highest BCUT2D eigenvalue weighted by molar-refractivity contribution is 5.97. The molecule has 1 amide bonds. The van der Waals surface area contributed by atoms with Gasteiger partial charge in [0.15, 0.2) is 0 Å². The fourth-order valence-corrected chi connectivity index (χ4v) is 3.19. The van der Waals surface area contributed by atoms with Gasteiger partial charge in [0.25, 0.3) is 0 Å². The van der Waals surface area contributed by atoms with E-state index in [9.17, 15) is 14.0 Å². The first-order valence-electron chi connectivity index (χ1n) is 8.20. The molecule has 3 aromatic rings. The lowest BCUT2D eigenvalue weighted by Gasteiger charge is -2.07. The molecule has 1 aromatic heterocycles. The third-order valence-electron chi connectivity index (χ3n) is 4.68. The summed E-state index contributed by atoms with van der Waals surface area (Å²) in [5.74, 6) is -2.45. The number of carboxylic acid groups (broad SMARTS) is 1. The average molecular weight is 350 g/mol. The van der Waals surface area contributed by atoms with Gasteiger partial charge in [-0.25, -0.2) is 9.18 Å². The zero-order valence-corrected chi connectivity index (χ0v) is 13.6. The van der Waals surface area contributed by atoms with Gasteiger partial charge in [0.1, 0.15) is 5.82 Å². The molecule has 6 heteroatoms. The number of rotatable bonds is 4. The van der Waals surface area contributed by atoms with Crippen molar-refractivity contribution in [3.8, 4) is 0 Å². The molecular weight excluding hydrogens is 335 g/mol. The third kappa shape index (κ3) is 3.01. The second-order valence-electron chi connectivity index (χ2n) is 6.42. The molecule has 1 saturated carbocycles. The van der Waals surface area contributed by atoms with Crippen molar-refractivity contribution in [2.45, 2.75) is 12.3 Å². The highest BCUT2D eigenvalue weighted by atomic mass is 19.1. The van der Waals surface area contributed by atoms with Crippen LogP contribution in [0.2, 0.25) is 0 Å². The Morgan fingerprint density at radius 3 is 2.73 bits per heavy atom. The standard InChI is InChI=1S/C20H15FN2O3/c21-18-8-12(20(25)26)2-4-15(18)16-9-17(16)19(24)23-14-3-1-13-10-22-6-5-11(13)7-14/h1-8,10,16-17H,9H2,(H,23,24)(H,25,26)/t16-,17+/m0/s1. The van der Waals surface area contributed by atoms with Gasteiger partial charge >= 0.3 is 5.97 Å². The van der Waals surface area contributed by atoms with Crippen molar-refractivity contribution < 1.29 is 19.1 Å². The number of aromatic nitrogens is 1. The van der Waals surface area contributed by atoms with Crippen molar-refractivity contribution in [1.29, 1.82) is 0 Å². The van der Waals surface area contributed by atoms with Gasteiger partial charge in [-0.3, -0.25) is 9.78 Å². The van der Waals surface area contributed by atoms with E-state index in [2.05, 4.69) is 10.3 Å². The first kappa shape index (κ1) is 16.2. The van der Waals surface area contributed by atoms with Crippen LogP contribution < -0.4 is 5.32 Å². The third-order valence-corrected chi connectivity index (χ3v) is 4.68. The summed E-state index contributed by atoms with van der Waals surface area (Å²) in [6.45, 7) is 0. The number of hydrogen-bond acceptors (Lipinski definition) is 3. The van der Waals surface area contributed by atoms with Crippen molar-refractivity contribution in [2.24, 2.45) is 5.92 Å². The number of aromatic carboxylic acids is 1. The number of carbonyl (C=O) groups excluding carboxylic acids is 1. The number of fused-ring (bicyclic) bond motifs is 1. The highest BCUT2D eigenvalue weighted by Crippen LogP contribution is 2.49. The second kappa shape index (κ2) is 6.22. The van der Waals surface area contributed by atoms with Gasteiger partial charge in [-0.15, -0.1) is 0 Å². The fraction of sp³-hybridized carbons (Fsp3) is 0.150. The number of halogens is 1. The molecule has 2 atom stereocenters. The van der Waals surface area contributed by atoms with Crippen molar-refractivity contribution in [2.75, 3.05) is 5.32 Å². The Morgan fingerprint density at radius 1 is 1.12 bits per heavy atom. The van der Waals surface area contributed by atoms with Gasteiger partial charge in [-0.05, 0) is 53.6 Å². The Kier molecular flexibility index (Phi) is 3.88. The summed E-state index contributed by atoms with van der Waals surface area (Å²) in [5, 5.41) is 13.7. The monoisotopic (exact) mass is 350 g/mol. The Labute approximate surface area is 148 Å². The second-order valence-corrected chi connectivity index (χ2v) is 6.42. The Bertz CT molecular complexity index is 1030. The summed E-state index contributed by atoms with van der Waals surface area (Å²) >= 11 is 0. The van der Waals surface area contributed by atoms with E-state index in [1.54, 1.807) is 12.4 Å². The lowest BCUT2D eigenvalue weighted by atomic mass is 10.1. The molecule has 5 nitrogen and oxygen atoms in total. The van der Waals surface area contributed by atoms with Gasteiger partial charge in [0, 0.05) is 29.4 Å². The number of anilines is 1. The molecule has 1 fully saturated rings. The summed E-state index contributed by atoms with van der Waals surface area (Å²) in [5.41, 5.74) is 0.972. The van der Waals surface area contributed by atoms with E-state index >= 15 is 0 Å². The van der Waals surface area contributed by atoms with Crippen LogP contribution in [0.3, 0.4) is 0 Å². The summed E-state index contributed by atoms with van der Waals surface area (Å²) in [6, 6.07) is 11.3. The summed E-state index contributed by atoms with van der Waals surface area (Å²) in [6.07, 6.45) is 3.99. The Balaban J connectivity index is 1.47. The molecule has 1 aliphatic carbocycles. The van der Waals surface area contributed by atoms with Crippen LogP contribution in [0.15, 0.2) is 54.9 Å². The quantitative estimate of drug-likeness (QED) is 0.750. The Hall–Kier alpha value is -3.28. The zero-order chi connectivity index (χ0) is 18.3. The molecule has 2 aromatic carbocycles. The minimum Gasteiger partial charge on any atom is -0.478 e. The SMILES string of the molecule is O=C(O)c1ccc([C@@H]2C[C@H]2C(=O)Nc2ccc3cnccc3c2)c(F)c1. The van der Waals surface area contributed by atoms with Gasteiger partial charge in [0.2, 0.25) is 5.91 Å². The average Bonchev–Trinajstić information content (AvgIpc) is 3.42. The molecular formula is C20H15FN2O3. The molecule has 0 saturated heterocycles. The number of carbonyl (C=O) groups is 2. The topological polar surface area (TPSA) is 79.3 Å². The smallest absolute Gasteiger partial charge is 0.335 e. The van der Waals surface area contributed by atoms with Gasteiger partial charge in [-0.2, -0.15) is 0 Å². The first-order valence-corrected chi connectivity index (χ1v) is 8.20. The van der Waals surface area contributed by atoms with Crippen LogP contribution >= 0.6 is 0 Å². The van der Waals surface area contributed by atoms with Gasteiger partial charge in [-0.1, -0.05) is 12.1 Å². The molecule has 1 heterocycles. The van der Waals surface area contributed by atoms with Crippen molar-refractivity contribution in [3.63, 3.8) is 0 Å². The van der Waals surface area contributed by atoms with Crippen LogP contribution in [0.4, 0.5) is 10.1 Å². The molecule has 2 N–H and O–H groups in total. The predicted octanol–water partition coefficient (Wildman–Crippen LogP) is 3.81. The summed E-state index contributed by atoms with van der Waals surface area (Å²) < 4.78 is 14.1. The summed E-state index contributed by atoms with van der Waals surface area (Å²) in [4.78, 5) is 27.4. The van der Waals surface area contributed by atoms with Crippen molar-refractivity contribution in [3.05, 3.63) is 71.8 Å². The largest absolute Gasteiger partial charge is 0.478 e.